The van der Waals surface area contributed by atoms with Gasteiger partial charge < -0.3 is 9.84 Å². The number of carbonyl (C=O) groups excluding carboxylic acids is 1. The number of hydrogen-bond donors (Lipinski definition) is 3. The highest BCUT2D eigenvalue weighted by Crippen LogP contribution is 2.09. The lowest BCUT2D eigenvalue weighted by Gasteiger charge is -1.99. The number of hydrazone groups is 1. The van der Waals surface area contributed by atoms with Crippen molar-refractivity contribution in [3.05, 3.63) is 51.9 Å². The van der Waals surface area contributed by atoms with Crippen molar-refractivity contribution in [1.29, 1.82) is 0 Å². The third-order valence-electron chi connectivity index (χ3n) is 2.52. The first-order chi connectivity index (χ1) is 9.67. The number of carbonyl (C=O) groups is 1. The molecule has 1 amide bonds. The van der Waals surface area contributed by atoms with Crippen LogP contribution in [0, 0.1) is 0 Å². The zero-order chi connectivity index (χ0) is 14.4. The highest BCUT2D eigenvalue weighted by Gasteiger charge is 2.03. The minimum atomic E-state index is -0.315. The van der Waals surface area contributed by atoms with E-state index in [1.807, 2.05) is 12.1 Å². The minimum absolute atomic E-state index is 0.0543. The summed E-state index contributed by atoms with van der Waals surface area (Å²) in [5.74, 6) is 0.438. The Labute approximate surface area is 114 Å². The second kappa shape index (κ2) is 6.37. The maximum Gasteiger partial charge on any atom is 0.264 e. The number of benzene rings is 1. The quantitative estimate of drug-likeness (QED) is 0.543. The normalized spacial score (nSPS) is 10.7. The van der Waals surface area contributed by atoms with Gasteiger partial charge in [0.25, 0.3) is 5.56 Å². The van der Waals surface area contributed by atoms with Crippen molar-refractivity contribution in [2.24, 2.45) is 5.10 Å². The number of aromatic amines is 2. The number of rotatable bonds is 5. The monoisotopic (exact) mass is 274 g/mol. The molecule has 0 radical (unpaired) electrons. The Morgan fingerprint density at radius 2 is 2.10 bits per heavy atom. The topological polar surface area (TPSA) is 99.3 Å². The standard InChI is InChI=1S/C13H14N4O3/c1-20-11-4-2-9(3-5-11)8-14-16-12(18)6-10-7-13(19)17-15-10/h2-5,7-8H,6H2,1H3,(H,16,18)(H2,15,17,19)/b14-8+. The number of nitrogens with zero attached hydrogens (tertiary/aromatic N) is 1. The van der Waals surface area contributed by atoms with Crippen LogP contribution in [0.2, 0.25) is 0 Å². The van der Waals surface area contributed by atoms with E-state index in [-0.39, 0.29) is 17.9 Å². The first-order valence-corrected chi connectivity index (χ1v) is 5.90. The van der Waals surface area contributed by atoms with Crippen molar-refractivity contribution in [3.8, 4) is 5.75 Å². The van der Waals surface area contributed by atoms with E-state index >= 15 is 0 Å². The number of amides is 1. The third-order valence-corrected chi connectivity index (χ3v) is 2.52. The molecule has 0 aliphatic carbocycles. The van der Waals surface area contributed by atoms with Gasteiger partial charge in [0.1, 0.15) is 5.75 Å². The average molecular weight is 274 g/mol. The van der Waals surface area contributed by atoms with Crippen LogP contribution in [0.5, 0.6) is 5.75 Å². The number of ether oxygens (including phenoxy) is 1. The van der Waals surface area contributed by atoms with Crippen molar-refractivity contribution in [3.63, 3.8) is 0 Å². The Hall–Kier alpha value is -2.83. The van der Waals surface area contributed by atoms with E-state index in [0.717, 1.165) is 11.3 Å². The first-order valence-electron chi connectivity index (χ1n) is 5.90. The SMILES string of the molecule is COc1ccc(/C=N/NC(=O)Cc2cc(=O)[nH][nH]2)cc1. The van der Waals surface area contributed by atoms with E-state index in [1.54, 1.807) is 19.2 Å². The van der Waals surface area contributed by atoms with E-state index in [2.05, 4.69) is 20.7 Å². The molecule has 0 aliphatic rings. The van der Waals surface area contributed by atoms with Gasteiger partial charge in [-0.2, -0.15) is 5.10 Å². The van der Waals surface area contributed by atoms with Gasteiger partial charge in [0.15, 0.2) is 0 Å². The fourth-order valence-electron chi connectivity index (χ4n) is 1.55. The van der Waals surface area contributed by atoms with Crippen molar-refractivity contribution in [2.45, 2.75) is 6.42 Å². The molecule has 0 aliphatic heterocycles. The molecule has 7 nitrogen and oxygen atoms in total. The molecule has 0 bridgehead atoms. The van der Waals surface area contributed by atoms with E-state index in [1.165, 1.54) is 12.3 Å². The van der Waals surface area contributed by atoms with Crippen molar-refractivity contribution in [1.82, 2.24) is 15.6 Å². The third kappa shape index (κ3) is 3.84. The highest BCUT2D eigenvalue weighted by atomic mass is 16.5. The van der Waals surface area contributed by atoms with Crippen LogP contribution < -0.4 is 15.7 Å². The van der Waals surface area contributed by atoms with Gasteiger partial charge in [0.2, 0.25) is 5.91 Å². The Morgan fingerprint density at radius 3 is 2.70 bits per heavy atom. The van der Waals surface area contributed by atoms with Crippen molar-refractivity contribution in [2.75, 3.05) is 7.11 Å². The summed E-state index contributed by atoms with van der Waals surface area (Å²) in [5, 5.41) is 8.78. The molecule has 1 heterocycles. The number of methoxy groups -OCH3 is 1. The lowest BCUT2D eigenvalue weighted by molar-refractivity contribution is -0.120. The van der Waals surface area contributed by atoms with Gasteiger partial charge in [0, 0.05) is 11.8 Å². The van der Waals surface area contributed by atoms with Gasteiger partial charge >= 0.3 is 0 Å². The van der Waals surface area contributed by atoms with Gasteiger partial charge in [-0.1, -0.05) is 0 Å². The number of H-pyrrole nitrogens is 2. The summed E-state index contributed by atoms with van der Waals surface area (Å²) in [4.78, 5) is 22.4. The Balaban J connectivity index is 1.85. The zero-order valence-electron chi connectivity index (χ0n) is 10.8. The number of nitrogens with one attached hydrogen (secondary N) is 3. The summed E-state index contributed by atoms with van der Waals surface area (Å²) in [7, 11) is 1.59. The summed E-state index contributed by atoms with van der Waals surface area (Å²) in [6.07, 6.45) is 1.58. The lowest BCUT2D eigenvalue weighted by atomic mass is 10.2. The van der Waals surface area contributed by atoms with Crippen LogP contribution in [0.1, 0.15) is 11.3 Å². The Morgan fingerprint density at radius 1 is 1.35 bits per heavy atom. The average Bonchev–Trinajstić information content (AvgIpc) is 2.85. The lowest BCUT2D eigenvalue weighted by Crippen LogP contribution is -2.20. The second-order valence-corrected chi connectivity index (χ2v) is 4.03. The molecule has 7 heteroatoms. The van der Waals surface area contributed by atoms with Crippen LogP contribution in [0.4, 0.5) is 0 Å². The molecule has 0 atom stereocenters. The van der Waals surface area contributed by atoms with Gasteiger partial charge in [-0.15, -0.1) is 0 Å². The second-order valence-electron chi connectivity index (χ2n) is 4.03. The molecule has 0 fully saturated rings. The maximum absolute atomic E-state index is 11.5. The van der Waals surface area contributed by atoms with Crippen molar-refractivity contribution < 1.29 is 9.53 Å². The predicted molar refractivity (Wildman–Crippen MR) is 73.8 cm³/mol. The van der Waals surface area contributed by atoms with Gasteiger partial charge in [-0.05, 0) is 29.8 Å². The molecule has 20 heavy (non-hydrogen) atoms. The van der Waals surface area contributed by atoms with Crippen LogP contribution in [0.3, 0.4) is 0 Å². The molecule has 0 spiro atoms. The molecule has 0 unspecified atom stereocenters. The van der Waals surface area contributed by atoms with Gasteiger partial charge in [-0.25, -0.2) is 5.43 Å². The van der Waals surface area contributed by atoms with Crippen molar-refractivity contribution >= 4 is 12.1 Å². The molecule has 2 aromatic rings. The van der Waals surface area contributed by atoms with E-state index in [4.69, 9.17) is 4.74 Å². The van der Waals surface area contributed by atoms with Crippen LogP contribution in [-0.4, -0.2) is 29.4 Å². The largest absolute Gasteiger partial charge is 0.497 e. The van der Waals surface area contributed by atoms with E-state index in [9.17, 15) is 9.59 Å². The predicted octanol–water partition coefficient (Wildman–Crippen LogP) is 0.404. The van der Waals surface area contributed by atoms with Crippen LogP contribution >= 0.6 is 0 Å². The summed E-state index contributed by atoms with van der Waals surface area (Å²) < 4.78 is 5.03. The zero-order valence-corrected chi connectivity index (χ0v) is 10.8. The van der Waals surface area contributed by atoms with Crippen LogP contribution in [0.25, 0.3) is 0 Å². The smallest absolute Gasteiger partial charge is 0.264 e. The molecule has 0 saturated carbocycles. The first kappa shape index (κ1) is 13.6. The molecule has 3 N–H and O–H groups in total. The highest BCUT2D eigenvalue weighted by molar-refractivity contribution is 5.83. The maximum atomic E-state index is 11.5. The summed E-state index contributed by atoms with van der Waals surface area (Å²) >= 11 is 0. The fraction of sp³-hybridized carbons (Fsp3) is 0.154. The summed E-state index contributed by atoms with van der Waals surface area (Å²) in [5.41, 5.74) is 3.45. The van der Waals surface area contributed by atoms with E-state index in [0.29, 0.717) is 5.69 Å². The van der Waals surface area contributed by atoms with Crippen LogP contribution in [0.15, 0.2) is 40.2 Å². The van der Waals surface area contributed by atoms with Gasteiger partial charge in [0.05, 0.1) is 19.7 Å². The molecule has 1 aromatic heterocycles. The Bertz CT molecular complexity index is 655. The summed E-state index contributed by atoms with van der Waals surface area (Å²) in [6, 6.07) is 8.56. The molecule has 2 rings (SSSR count). The van der Waals surface area contributed by atoms with Crippen LogP contribution in [-0.2, 0) is 11.2 Å². The van der Waals surface area contributed by atoms with Gasteiger partial charge in [-0.3, -0.25) is 14.7 Å². The molecular weight excluding hydrogens is 260 g/mol. The molecule has 0 saturated heterocycles. The summed E-state index contributed by atoms with van der Waals surface area (Å²) in [6.45, 7) is 0. The molecule has 1 aromatic carbocycles. The molecular formula is C13H14N4O3. The fourth-order valence-corrected chi connectivity index (χ4v) is 1.55. The number of aromatic nitrogens is 2. The molecule has 104 valence electrons. The minimum Gasteiger partial charge on any atom is -0.497 e. The Kier molecular flexibility index (Phi) is 4.33. The number of hydrogen-bond acceptors (Lipinski definition) is 4. The van der Waals surface area contributed by atoms with E-state index < -0.39 is 0 Å².